The minimum absolute atomic E-state index is 0.0521. The van der Waals surface area contributed by atoms with Crippen LogP contribution in [0.15, 0.2) is 59.1 Å². The molecule has 34 heavy (non-hydrogen) atoms. The van der Waals surface area contributed by atoms with E-state index in [2.05, 4.69) is 32.1 Å². The highest BCUT2D eigenvalue weighted by molar-refractivity contribution is 9.10. The zero-order valence-corrected chi connectivity index (χ0v) is 21.6. The number of rotatable bonds is 8. The number of halogens is 3. The molecule has 0 heterocycles. The molecule has 0 aliphatic rings. The largest absolute Gasteiger partial charge is 0.492 e. The summed E-state index contributed by atoms with van der Waals surface area (Å²) in [6.45, 7) is 0.0366. The molecule has 0 bridgehead atoms. The first-order valence-electron chi connectivity index (χ1n) is 10.1. The van der Waals surface area contributed by atoms with Gasteiger partial charge in [-0.2, -0.15) is 0 Å². The zero-order chi connectivity index (χ0) is 24.5. The molecule has 3 aromatic carbocycles. The van der Waals surface area contributed by atoms with Crippen molar-refractivity contribution in [2.75, 3.05) is 13.2 Å². The summed E-state index contributed by atoms with van der Waals surface area (Å²) < 4.78 is 11.9. The van der Waals surface area contributed by atoms with Gasteiger partial charge in [0, 0.05) is 11.4 Å². The molecule has 2 amide bonds. The first-order valence-corrected chi connectivity index (χ1v) is 12.1. The first-order chi connectivity index (χ1) is 16.3. The highest BCUT2D eigenvalue weighted by atomic mass is 79.9. The molecule has 0 aliphatic heterocycles. The van der Waals surface area contributed by atoms with E-state index in [1.165, 1.54) is 0 Å². The van der Waals surface area contributed by atoms with E-state index in [0.717, 1.165) is 15.2 Å². The molecule has 0 aromatic heterocycles. The molecule has 3 rings (SSSR count). The Balaban J connectivity index is 1.33. The maximum absolute atomic E-state index is 12.1. The molecule has 0 spiro atoms. The Morgan fingerprint density at radius 2 is 1.71 bits per heavy atom. The molecule has 0 radical (unpaired) electrons. The van der Waals surface area contributed by atoms with E-state index in [4.69, 9.17) is 44.9 Å². The Labute approximate surface area is 220 Å². The monoisotopic (exact) mass is 583 g/mol. The zero-order valence-electron chi connectivity index (χ0n) is 17.7. The quantitative estimate of drug-likeness (QED) is 0.192. The summed E-state index contributed by atoms with van der Waals surface area (Å²) in [6.07, 6.45) is 0.619. The van der Waals surface area contributed by atoms with Gasteiger partial charge in [-0.25, -0.2) is 0 Å². The lowest BCUT2D eigenvalue weighted by atomic mass is 10.1. The Kier molecular flexibility index (Phi) is 9.76. The van der Waals surface area contributed by atoms with Gasteiger partial charge in [-0.15, -0.1) is 0 Å². The molecule has 0 saturated carbocycles. The second-order valence-electron chi connectivity index (χ2n) is 6.96. The fraction of sp³-hybridized carbons (Fsp3) is 0.174. The molecule has 7 nitrogen and oxygen atoms in total. The van der Waals surface area contributed by atoms with Crippen molar-refractivity contribution in [1.29, 1.82) is 0 Å². The van der Waals surface area contributed by atoms with Crippen LogP contribution in [0.1, 0.15) is 12.8 Å². The highest BCUT2D eigenvalue weighted by Crippen LogP contribution is 2.33. The van der Waals surface area contributed by atoms with E-state index in [9.17, 15) is 9.59 Å². The van der Waals surface area contributed by atoms with Crippen molar-refractivity contribution in [3.05, 3.63) is 69.1 Å². The van der Waals surface area contributed by atoms with Gasteiger partial charge in [0.25, 0.3) is 5.91 Å². The number of amides is 2. The van der Waals surface area contributed by atoms with Gasteiger partial charge in [0.1, 0.15) is 11.5 Å². The third-order valence-corrected chi connectivity index (χ3v) is 6.01. The molecule has 0 atom stereocenters. The Morgan fingerprint density at radius 3 is 2.50 bits per heavy atom. The number of hydrazine groups is 1. The lowest BCUT2D eigenvalue weighted by molar-refractivity contribution is -0.123. The average Bonchev–Trinajstić information content (AvgIpc) is 2.81. The van der Waals surface area contributed by atoms with Crippen LogP contribution in [0.4, 0.5) is 0 Å². The van der Waals surface area contributed by atoms with Crippen LogP contribution in [0.3, 0.4) is 0 Å². The lowest BCUT2D eigenvalue weighted by Gasteiger charge is -2.13. The number of hydrogen-bond donors (Lipinski definition) is 3. The van der Waals surface area contributed by atoms with Gasteiger partial charge in [0.2, 0.25) is 5.91 Å². The topological polar surface area (TPSA) is 88.7 Å². The molecule has 0 saturated heterocycles. The van der Waals surface area contributed by atoms with Crippen LogP contribution in [0.25, 0.3) is 10.8 Å². The molecule has 0 aliphatic carbocycles. The van der Waals surface area contributed by atoms with Gasteiger partial charge in [-0.3, -0.25) is 25.8 Å². The number of carbonyl (C=O) groups is 2. The molecular formula is C23H20BrCl2N3O4S. The normalized spacial score (nSPS) is 10.4. The Morgan fingerprint density at radius 1 is 0.941 bits per heavy atom. The van der Waals surface area contributed by atoms with E-state index >= 15 is 0 Å². The molecule has 3 N–H and O–H groups in total. The number of hydrogen-bond acceptors (Lipinski definition) is 5. The van der Waals surface area contributed by atoms with Crippen molar-refractivity contribution in [1.82, 2.24) is 16.2 Å². The van der Waals surface area contributed by atoms with Crippen LogP contribution in [0.2, 0.25) is 10.0 Å². The van der Waals surface area contributed by atoms with E-state index in [1.807, 2.05) is 30.3 Å². The fourth-order valence-electron chi connectivity index (χ4n) is 2.86. The number of carbonyl (C=O) groups excluding carboxylic acids is 2. The number of benzene rings is 3. The maximum Gasteiger partial charge on any atom is 0.264 e. The molecule has 0 unspecified atom stereocenters. The van der Waals surface area contributed by atoms with Gasteiger partial charge in [-0.1, -0.05) is 53.5 Å². The summed E-state index contributed by atoms with van der Waals surface area (Å²) in [4.78, 5) is 24.0. The van der Waals surface area contributed by atoms with Crippen LogP contribution >= 0.6 is 51.3 Å². The number of fused-ring (bicyclic) bond motifs is 1. The van der Waals surface area contributed by atoms with Crippen LogP contribution in [0.5, 0.6) is 11.5 Å². The van der Waals surface area contributed by atoms with E-state index in [-0.39, 0.29) is 30.7 Å². The molecular weight excluding hydrogens is 565 g/mol. The predicted octanol–water partition coefficient (Wildman–Crippen LogP) is 5.17. The van der Waals surface area contributed by atoms with Crippen molar-refractivity contribution in [2.45, 2.75) is 12.8 Å². The van der Waals surface area contributed by atoms with Gasteiger partial charge in [-0.05, 0) is 69.6 Å². The Hall–Kier alpha value is -2.59. The summed E-state index contributed by atoms with van der Waals surface area (Å²) in [5, 5.41) is 5.32. The van der Waals surface area contributed by atoms with E-state index < -0.39 is 5.91 Å². The van der Waals surface area contributed by atoms with Crippen molar-refractivity contribution in [3.8, 4) is 11.5 Å². The summed E-state index contributed by atoms with van der Waals surface area (Å²) in [5.41, 5.74) is 4.90. The van der Waals surface area contributed by atoms with Crippen molar-refractivity contribution in [3.63, 3.8) is 0 Å². The van der Waals surface area contributed by atoms with Gasteiger partial charge in [0.05, 0.1) is 16.1 Å². The minimum atomic E-state index is -0.472. The van der Waals surface area contributed by atoms with Crippen molar-refractivity contribution >= 4 is 79.0 Å². The van der Waals surface area contributed by atoms with Crippen LogP contribution < -0.4 is 25.6 Å². The van der Waals surface area contributed by atoms with Crippen molar-refractivity contribution < 1.29 is 19.1 Å². The van der Waals surface area contributed by atoms with E-state index in [0.29, 0.717) is 28.0 Å². The smallest absolute Gasteiger partial charge is 0.264 e. The summed E-state index contributed by atoms with van der Waals surface area (Å²) >= 11 is 20.4. The second kappa shape index (κ2) is 12.8. The van der Waals surface area contributed by atoms with E-state index in [1.54, 1.807) is 24.3 Å². The van der Waals surface area contributed by atoms with Crippen LogP contribution in [0, 0.1) is 0 Å². The third kappa shape index (κ3) is 7.73. The highest BCUT2D eigenvalue weighted by Gasteiger charge is 2.11. The molecule has 11 heteroatoms. The molecule has 178 valence electrons. The van der Waals surface area contributed by atoms with Crippen molar-refractivity contribution in [2.24, 2.45) is 0 Å². The van der Waals surface area contributed by atoms with Gasteiger partial charge in [0.15, 0.2) is 11.7 Å². The average molecular weight is 585 g/mol. The van der Waals surface area contributed by atoms with Crippen LogP contribution in [-0.2, 0) is 9.59 Å². The van der Waals surface area contributed by atoms with Crippen LogP contribution in [-0.4, -0.2) is 30.1 Å². The fourth-order valence-corrected chi connectivity index (χ4v) is 4.09. The molecule has 3 aromatic rings. The summed E-state index contributed by atoms with van der Waals surface area (Å²) in [6, 6.07) is 16.4. The molecule has 0 fully saturated rings. The standard InChI is InChI=1S/C23H20BrCl2N3O4S/c24-22-16-5-2-1-4-14(16)7-9-19(22)33-13-21(31)27-23(34)29-28-20(30)6-3-11-32-18-10-8-15(25)12-17(18)26/h1-2,4-5,7-10,12H,3,6,11,13H2,(H,28,30)(H2,27,29,31,34). The summed E-state index contributed by atoms with van der Waals surface area (Å²) in [5.74, 6) is 0.230. The Bertz CT molecular complexity index is 1210. The second-order valence-corrected chi connectivity index (χ2v) is 9.01. The third-order valence-electron chi connectivity index (χ3n) is 4.45. The number of nitrogens with one attached hydrogen (secondary N) is 3. The minimum Gasteiger partial charge on any atom is -0.492 e. The predicted molar refractivity (Wildman–Crippen MR) is 140 cm³/mol. The maximum atomic E-state index is 12.1. The first kappa shape index (κ1) is 26.0. The lowest BCUT2D eigenvalue weighted by Crippen LogP contribution is -2.49. The number of ether oxygens (including phenoxy) is 2. The number of thiocarbonyl (C=S) groups is 1. The van der Waals surface area contributed by atoms with Gasteiger partial charge >= 0.3 is 0 Å². The summed E-state index contributed by atoms with van der Waals surface area (Å²) in [7, 11) is 0. The van der Waals surface area contributed by atoms with Gasteiger partial charge < -0.3 is 9.47 Å². The SMILES string of the molecule is O=C(CCCOc1ccc(Cl)cc1Cl)NNC(=S)NC(=O)COc1ccc2ccccc2c1Br.